The zero-order valence-electron chi connectivity index (χ0n) is 10.7. The zero-order valence-corrected chi connectivity index (χ0v) is 10.7. The maximum Gasteiger partial charge on any atom is 0.119 e. The van der Waals surface area contributed by atoms with Gasteiger partial charge in [-0.25, -0.2) is 0 Å². The van der Waals surface area contributed by atoms with Gasteiger partial charge in [-0.05, 0) is 36.2 Å². The standard InChI is InChI=1S/C14H20N2O/c1-10(2)7-15-8-11-9-16-14-5-4-12(17-3)6-13(11)14/h4-6,9-10,15-16H,7-8H2,1-3H3. The first-order valence-corrected chi connectivity index (χ1v) is 6.05. The first-order chi connectivity index (χ1) is 8.20. The first-order valence-electron chi connectivity index (χ1n) is 6.05. The molecule has 1 aromatic carbocycles. The Kier molecular flexibility index (Phi) is 3.69. The van der Waals surface area contributed by atoms with Gasteiger partial charge in [-0.1, -0.05) is 13.8 Å². The molecule has 2 N–H and O–H groups in total. The van der Waals surface area contributed by atoms with E-state index in [4.69, 9.17) is 4.74 Å². The molecule has 0 saturated heterocycles. The van der Waals surface area contributed by atoms with Crippen LogP contribution in [0.2, 0.25) is 0 Å². The van der Waals surface area contributed by atoms with Gasteiger partial charge in [0.1, 0.15) is 5.75 Å². The number of fused-ring (bicyclic) bond motifs is 1. The molecule has 0 fully saturated rings. The summed E-state index contributed by atoms with van der Waals surface area (Å²) in [6.07, 6.45) is 2.07. The maximum absolute atomic E-state index is 5.26. The van der Waals surface area contributed by atoms with E-state index in [2.05, 4.69) is 42.5 Å². The Morgan fingerprint density at radius 3 is 2.88 bits per heavy atom. The van der Waals surface area contributed by atoms with Gasteiger partial charge in [-0.3, -0.25) is 0 Å². The van der Waals surface area contributed by atoms with Crippen LogP contribution in [0.1, 0.15) is 19.4 Å². The third-order valence-corrected chi connectivity index (χ3v) is 2.84. The number of H-pyrrole nitrogens is 1. The van der Waals surface area contributed by atoms with E-state index in [0.29, 0.717) is 5.92 Å². The van der Waals surface area contributed by atoms with E-state index >= 15 is 0 Å². The van der Waals surface area contributed by atoms with Gasteiger partial charge >= 0.3 is 0 Å². The molecule has 2 aromatic rings. The van der Waals surface area contributed by atoms with E-state index in [9.17, 15) is 0 Å². The van der Waals surface area contributed by atoms with Crippen LogP contribution in [0.15, 0.2) is 24.4 Å². The quantitative estimate of drug-likeness (QED) is 0.831. The molecule has 1 aromatic heterocycles. The SMILES string of the molecule is COc1ccc2[nH]cc(CNCC(C)C)c2c1. The summed E-state index contributed by atoms with van der Waals surface area (Å²) >= 11 is 0. The second-order valence-corrected chi connectivity index (χ2v) is 4.75. The molecule has 3 nitrogen and oxygen atoms in total. The minimum atomic E-state index is 0.676. The van der Waals surface area contributed by atoms with Crippen molar-refractivity contribution in [2.45, 2.75) is 20.4 Å². The van der Waals surface area contributed by atoms with Crippen LogP contribution in [0.4, 0.5) is 0 Å². The Morgan fingerprint density at radius 1 is 1.35 bits per heavy atom. The Balaban J connectivity index is 2.16. The number of ether oxygens (including phenoxy) is 1. The monoisotopic (exact) mass is 232 g/mol. The number of nitrogens with one attached hydrogen (secondary N) is 2. The van der Waals surface area contributed by atoms with Crippen molar-refractivity contribution in [2.24, 2.45) is 5.92 Å². The van der Waals surface area contributed by atoms with Gasteiger partial charge in [-0.15, -0.1) is 0 Å². The molecule has 17 heavy (non-hydrogen) atoms. The number of hydrogen-bond donors (Lipinski definition) is 2. The molecule has 92 valence electrons. The van der Waals surface area contributed by atoms with E-state index in [1.807, 2.05) is 6.07 Å². The van der Waals surface area contributed by atoms with Crippen molar-refractivity contribution in [3.8, 4) is 5.75 Å². The van der Waals surface area contributed by atoms with Crippen molar-refractivity contribution in [1.82, 2.24) is 10.3 Å². The third-order valence-electron chi connectivity index (χ3n) is 2.84. The van der Waals surface area contributed by atoms with E-state index in [1.54, 1.807) is 7.11 Å². The molecule has 0 atom stereocenters. The minimum Gasteiger partial charge on any atom is -0.497 e. The second kappa shape index (κ2) is 5.23. The predicted molar refractivity (Wildman–Crippen MR) is 71.4 cm³/mol. The molecule has 0 aliphatic carbocycles. The maximum atomic E-state index is 5.26. The summed E-state index contributed by atoms with van der Waals surface area (Å²) in [5, 5.41) is 4.69. The first kappa shape index (κ1) is 12.0. The van der Waals surface area contributed by atoms with Crippen molar-refractivity contribution in [2.75, 3.05) is 13.7 Å². The topological polar surface area (TPSA) is 37.0 Å². The summed E-state index contributed by atoms with van der Waals surface area (Å²) in [5.41, 5.74) is 2.45. The number of hydrogen-bond acceptors (Lipinski definition) is 2. The Morgan fingerprint density at radius 2 is 2.18 bits per heavy atom. The highest BCUT2D eigenvalue weighted by molar-refractivity contribution is 5.84. The summed E-state index contributed by atoms with van der Waals surface area (Å²) in [6, 6.07) is 6.11. The van der Waals surface area contributed by atoms with Crippen molar-refractivity contribution in [1.29, 1.82) is 0 Å². The molecule has 0 saturated carbocycles. The van der Waals surface area contributed by atoms with E-state index in [0.717, 1.165) is 24.4 Å². The van der Waals surface area contributed by atoms with Crippen molar-refractivity contribution in [3.63, 3.8) is 0 Å². The number of aromatic nitrogens is 1. The van der Waals surface area contributed by atoms with Gasteiger partial charge in [0, 0.05) is 23.6 Å². The van der Waals surface area contributed by atoms with Gasteiger partial charge in [0.15, 0.2) is 0 Å². The number of benzene rings is 1. The fourth-order valence-corrected chi connectivity index (χ4v) is 1.93. The number of aromatic amines is 1. The van der Waals surface area contributed by atoms with Gasteiger partial charge in [0.25, 0.3) is 0 Å². The molecule has 0 bridgehead atoms. The average Bonchev–Trinajstić information content (AvgIpc) is 2.71. The van der Waals surface area contributed by atoms with Crippen LogP contribution < -0.4 is 10.1 Å². The lowest BCUT2D eigenvalue weighted by Crippen LogP contribution is -2.18. The Bertz CT molecular complexity index is 488. The molecule has 0 aliphatic heterocycles. The lowest BCUT2D eigenvalue weighted by Gasteiger charge is -2.06. The molecule has 1 heterocycles. The Labute approximate surface area is 102 Å². The Hall–Kier alpha value is -1.48. The zero-order chi connectivity index (χ0) is 12.3. The largest absolute Gasteiger partial charge is 0.497 e. The van der Waals surface area contributed by atoms with E-state index in [-0.39, 0.29) is 0 Å². The van der Waals surface area contributed by atoms with Crippen LogP contribution in [0.5, 0.6) is 5.75 Å². The molecular weight excluding hydrogens is 212 g/mol. The molecule has 0 spiro atoms. The summed E-state index contributed by atoms with van der Waals surface area (Å²) in [4.78, 5) is 3.28. The van der Waals surface area contributed by atoms with Crippen LogP contribution in [0, 0.1) is 5.92 Å². The highest BCUT2D eigenvalue weighted by Gasteiger charge is 2.04. The van der Waals surface area contributed by atoms with Crippen LogP contribution in [-0.2, 0) is 6.54 Å². The smallest absolute Gasteiger partial charge is 0.119 e. The van der Waals surface area contributed by atoms with Crippen molar-refractivity contribution < 1.29 is 4.74 Å². The summed E-state index contributed by atoms with van der Waals surface area (Å²) in [7, 11) is 1.70. The fourth-order valence-electron chi connectivity index (χ4n) is 1.93. The van der Waals surface area contributed by atoms with Gasteiger partial charge in [0.2, 0.25) is 0 Å². The van der Waals surface area contributed by atoms with Crippen LogP contribution in [-0.4, -0.2) is 18.6 Å². The molecule has 3 heteroatoms. The highest BCUT2D eigenvalue weighted by Crippen LogP contribution is 2.23. The molecular formula is C14H20N2O. The van der Waals surface area contributed by atoms with Gasteiger partial charge in [-0.2, -0.15) is 0 Å². The fraction of sp³-hybridized carbons (Fsp3) is 0.429. The van der Waals surface area contributed by atoms with Crippen LogP contribution >= 0.6 is 0 Å². The van der Waals surface area contributed by atoms with Gasteiger partial charge in [0.05, 0.1) is 7.11 Å². The molecule has 0 unspecified atom stereocenters. The molecule has 0 aliphatic rings. The van der Waals surface area contributed by atoms with Crippen LogP contribution in [0.3, 0.4) is 0 Å². The molecule has 0 amide bonds. The number of methoxy groups -OCH3 is 1. The number of rotatable bonds is 5. The average molecular weight is 232 g/mol. The molecule has 0 radical (unpaired) electrons. The molecule has 2 rings (SSSR count). The van der Waals surface area contributed by atoms with Crippen molar-refractivity contribution >= 4 is 10.9 Å². The van der Waals surface area contributed by atoms with Gasteiger partial charge < -0.3 is 15.0 Å². The minimum absolute atomic E-state index is 0.676. The normalized spacial score (nSPS) is 11.3. The van der Waals surface area contributed by atoms with Crippen LogP contribution in [0.25, 0.3) is 10.9 Å². The predicted octanol–water partition coefficient (Wildman–Crippen LogP) is 2.92. The highest BCUT2D eigenvalue weighted by atomic mass is 16.5. The summed E-state index contributed by atoms with van der Waals surface area (Å²) < 4.78 is 5.26. The summed E-state index contributed by atoms with van der Waals surface area (Å²) in [6.45, 7) is 6.36. The van der Waals surface area contributed by atoms with E-state index < -0.39 is 0 Å². The second-order valence-electron chi connectivity index (χ2n) is 4.75. The van der Waals surface area contributed by atoms with Crippen molar-refractivity contribution in [3.05, 3.63) is 30.0 Å². The lowest BCUT2D eigenvalue weighted by molar-refractivity contribution is 0.415. The lowest BCUT2D eigenvalue weighted by atomic mass is 10.1. The third kappa shape index (κ3) is 2.80. The van der Waals surface area contributed by atoms with E-state index in [1.165, 1.54) is 10.9 Å². The summed E-state index contributed by atoms with van der Waals surface area (Å²) in [5.74, 6) is 1.58.